The lowest BCUT2D eigenvalue weighted by atomic mass is 9.49. The van der Waals surface area contributed by atoms with Crippen molar-refractivity contribution in [3.05, 3.63) is 23.8 Å². The second kappa shape index (κ2) is 2.91. The van der Waals surface area contributed by atoms with Crippen molar-refractivity contribution < 1.29 is 4.79 Å². The van der Waals surface area contributed by atoms with Crippen molar-refractivity contribution in [2.45, 2.75) is 20.1 Å². The van der Waals surface area contributed by atoms with E-state index in [4.69, 9.17) is 0 Å². The summed E-state index contributed by atoms with van der Waals surface area (Å²) in [6.45, 7) is 4.85. The van der Waals surface area contributed by atoms with E-state index in [1.54, 1.807) is 0 Å². The fourth-order valence-corrected chi connectivity index (χ4v) is 1.61. The lowest BCUT2D eigenvalue weighted by Crippen LogP contribution is -2.22. The van der Waals surface area contributed by atoms with Gasteiger partial charge in [-0.1, -0.05) is 31.2 Å². The first-order valence-electron chi connectivity index (χ1n) is 4.59. The molecule has 1 N–H and O–H groups in total. The van der Waals surface area contributed by atoms with Gasteiger partial charge >= 0.3 is 0 Å². The molecule has 1 aromatic rings. The van der Waals surface area contributed by atoms with E-state index in [1.807, 2.05) is 6.07 Å². The van der Waals surface area contributed by atoms with Gasteiger partial charge in [-0.3, -0.25) is 4.79 Å². The Bertz CT molecular complexity index is 360. The number of carbonyl (C=O) groups excluding carboxylic acids is 1. The summed E-state index contributed by atoms with van der Waals surface area (Å²) >= 11 is 0. The smallest absolute Gasteiger partial charge is 0.228 e. The van der Waals surface area contributed by atoms with Crippen LogP contribution in [0.2, 0.25) is 13.6 Å². The van der Waals surface area contributed by atoms with Crippen LogP contribution in [0.4, 0.5) is 5.69 Å². The molecule has 66 valence electrons. The zero-order chi connectivity index (χ0) is 9.42. The highest BCUT2D eigenvalue weighted by molar-refractivity contribution is 6.70. The van der Waals surface area contributed by atoms with Crippen LogP contribution in [0, 0.1) is 0 Å². The van der Waals surface area contributed by atoms with Crippen LogP contribution < -0.4 is 10.8 Å². The third kappa shape index (κ3) is 1.46. The van der Waals surface area contributed by atoms with E-state index < -0.39 is 0 Å². The maximum Gasteiger partial charge on any atom is 0.228 e. The van der Waals surface area contributed by atoms with Crippen molar-refractivity contribution in [3.8, 4) is 0 Å². The van der Waals surface area contributed by atoms with Gasteiger partial charge in [-0.05, 0) is 11.6 Å². The maximum absolute atomic E-state index is 11.1. The summed E-state index contributed by atoms with van der Waals surface area (Å²) in [5.41, 5.74) is 3.42. The molecule has 0 unspecified atom stereocenters. The van der Waals surface area contributed by atoms with Gasteiger partial charge in [0.2, 0.25) is 5.91 Å². The van der Waals surface area contributed by atoms with E-state index in [9.17, 15) is 4.79 Å². The van der Waals surface area contributed by atoms with Gasteiger partial charge in [0.1, 0.15) is 0 Å². The standard InChI is InChI=1S/C10H12BNO/c1-11(2)8-3-4-9-7(5-8)6-10(13)12-9/h3-5H,6H2,1-2H3,(H,12,13). The van der Waals surface area contributed by atoms with E-state index in [0.717, 1.165) is 11.3 Å². The highest BCUT2D eigenvalue weighted by Crippen LogP contribution is 2.20. The Hall–Kier alpha value is -1.25. The van der Waals surface area contributed by atoms with Crippen LogP contribution in [-0.2, 0) is 11.2 Å². The molecule has 1 amide bonds. The summed E-state index contributed by atoms with van der Waals surface area (Å²) < 4.78 is 0. The molecule has 0 aromatic heterocycles. The predicted octanol–water partition coefficient (Wildman–Crippen LogP) is 1.14. The summed E-state index contributed by atoms with van der Waals surface area (Å²) in [6, 6.07) is 6.20. The Kier molecular flexibility index (Phi) is 1.87. The second-order valence-corrected chi connectivity index (χ2v) is 3.80. The van der Waals surface area contributed by atoms with E-state index in [1.165, 1.54) is 5.46 Å². The second-order valence-electron chi connectivity index (χ2n) is 3.80. The Morgan fingerprint density at radius 1 is 1.38 bits per heavy atom. The normalized spacial score (nSPS) is 13.8. The summed E-state index contributed by atoms with van der Waals surface area (Å²) in [5.74, 6) is 0.107. The Balaban J connectivity index is 2.40. The third-order valence-corrected chi connectivity index (χ3v) is 2.42. The quantitative estimate of drug-likeness (QED) is 0.634. The van der Waals surface area contributed by atoms with Crippen LogP contribution in [0.1, 0.15) is 5.56 Å². The molecule has 13 heavy (non-hydrogen) atoms. The fourth-order valence-electron chi connectivity index (χ4n) is 1.61. The number of hydrogen-bond acceptors (Lipinski definition) is 1. The van der Waals surface area contributed by atoms with Crippen molar-refractivity contribution in [2.24, 2.45) is 0 Å². The van der Waals surface area contributed by atoms with Crippen LogP contribution >= 0.6 is 0 Å². The minimum absolute atomic E-state index is 0.107. The number of benzene rings is 1. The molecule has 0 saturated carbocycles. The Morgan fingerprint density at radius 2 is 2.15 bits per heavy atom. The van der Waals surface area contributed by atoms with Gasteiger partial charge in [-0.15, -0.1) is 0 Å². The molecule has 0 aliphatic carbocycles. The first-order chi connectivity index (χ1) is 6.16. The molecule has 2 nitrogen and oxygen atoms in total. The average molecular weight is 173 g/mol. The first-order valence-corrected chi connectivity index (χ1v) is 4.59. The minimum atomic E-state index is 0.107. The van der Waals surface area contributed by atoms with Crippen molar-refractivity contribution in [2.75, 3.05) is 5.32 Å². The number of rotatable bonds is 1. The average Bonchev–Trinajstić information content (AvgIpc) is 2.42. The first kappa shape index (κ1) is 8.36. The van der Waals surface area contributed by atoms with Gasteiger partial charge < -0.3 is 5.32 Å². The van der Waals surface area contributed by atoms with Crippen LogP contribution in [-0.4, -0.2) is 12.6 Å². The zero-order valence-corrected chi connectivity index (χ0v) is 7.92. The molecule has 0 saturated heterocycles. The van der Waals surface area contributed by atoms with E-state index in [2.05, 4.69) is 31.1 Å². The Morgan fingerprint density at radius 3 is 2.85 bits per heavy atom. The summed E-state index contributed by atoms with van der Waals surface area (Å²) in [7, 11) is 0. The molecule has 0 atom stereocenters. The van der Waals surface area contributed by atoms with Crippen LogP contribution in [0.25, 0.3) is 0 Å². The third-order valence-electron chi connectivity index (χ3n) is 2.42. The molecule has 1 aliphatic heterocycles. The number of anilines is 1. The molecule has 0 radical (unpaired) electrons. The van der Waals surface area contributed by atoms with Gasteiger partial charge in [-0.25, -0.2) is 0 Å². The number of amides is 1. The van der Waals surface area contributed by atoms with Gasteiger partial charge in [0.25, 0.3) is 0 Å². The summed E-state index contributed by atoms with van der Waals surface area (Å²) in [6.07, 6.45) is 0.538. The molecule has 1 aliphatic rings. The van der Waals surface area contributed by atoms with Crippen LogP contribution in [0.15, 0.2) is 18.2 Å². The minimum Gasteiger partial charge on any atom is -0.326 e. The zero-order valence-electron chi connectivity index (χ0n) is 7.92. The molecular formula is C10H12BNO. The molecule has 0 spiro atoms. The molecular weight excluding hydrogens is 161 g/mol. The Labute approximate surface area is 78.4 Å². The number of carbonyl (C=O) groups is 1. The maximum atomic E-state index is 11.1. The lowest BCUT2D eigenvalue weighted by molar-refractivity contribution is -0.115. The van der Waals surface area contributed by atoms with Crippen LogP contribution in [0.3, 0.4) is 0 Å². The highest BCUT2D eigenvalue weighted by atomic mass is 16.1. The van der Waals surface area contributed by atoms with E-state index in [-0.39, 0.29) is 5.91 Å². The SMILES string of the molecule is CB(C)c1ccc2c(c1)CC(=O)N2. The largest absolute Gasteiger partial charge is 0.326 e. The van der Waals surface area contributed by atoms with Crippen molar-refractivity contribution in [3.63, 3.8) is 0 Å². The van der Waals surface area contributed by atoms with E-state index >= 15 is 0 Å². The number of hydrogen-bond donors (Lipinski definition) is 1. The molecule has 1 heterocycles. The molecule has 2 rings (SSSR count). The molecule has 1 aromatic carbocycles. The van der Waals surface area contributed by atoms with Gasteiger partial charge in [0.05, 0.1) is 6.42 Å². The van der Waals surface area contributed by atoms with Crippen LogP contribution in [0.5, 0.6) is 0 Å². The summed E-state index contributed by atoms with van der Waals surface area (Å²) in [5, 5.41) is 2.82. The van der Waals surface area contributed by atoms with Gasteiger partial charge in [-0.2, -0.15) is 0 Å². The molecule has 0 fully saturated rings. The van der Waals surface area contributed by atoms with Crippen molar-refractivity contribution >= 4 is 23.8 Å². The summed E-state index contributed by atoms with van der Waals surface area (Å²) in [4.78, 5) is 11.1. The highest BCUT2D eigenvalue weighted by Gasteiger charge is 2.18. The molecule has 3 heteroatoms. The number of fused-ring (bicyclic) bond motifs is 1. The van der Waals surface area contributed by atoms with Gasteiger partial charge in [0, 0.05) is 5.69 Å². The van der Waals surface area contributed by atoms with Crippen molar-refractivity contribution in [1.29, 1.82) is 0 Å². The van der Waals surface area contributed by atoms with Crippen molar-refractivity contribution in [1.82, 2.24) is 0 Å². The lowest BCUT2D eigenvalue weighted by Gasteiger charge is -2.04. The number of nitrogens with one attached hydrogen (secondary N) is 1. The fraction of sp³-hybridized carbons (Fsp3) is 0.300. The topological polar surface area (TPSA) is 29.1 Å². The monoisotopic (exact) mass is 173 g/mol. The predicted molar refractivity (Wildman–Crippen MR) is 55.9 cm³/mol. The molecule has 0 bridgehead atoms. The van der Waals surface area contributed by atoms with E-state index in [0.29, 0.717) is 13.1 Å². The van der Waals surface area contributed by atoms with Gasteiger partial charge in [0.15, 0.2) is 6.71 Å².